The Morgan fingerprint density at radius 2 is 1.96 bits per heavy atom. The van der Waals surface area contributed by atoms with Crippen molar-refractivity contribution in [3.8, 4) is 5.75 Å². The molecule has 5 heteroatoms. The number of ether oxygens (including phenoxy) is 1. The van der Waals surface area contributed by atoms with Crippen LogP contribution in [0.4, 0.5) is 0 Å². The molecule has 2 aliphatic rings. The van der Waals surface area contributed by atoms with Gasteiger partial charge in [-0.3, -0.25) is 9.59 Å². The lowest BCUT2D eigenvalue weighted by Crippen LogP contribution is -2.42. The zero-order chi connectivity index (χ0) is 17.6. The van der Waals surface area contributed by atoms with E-state index in [0.29, 0.717) is 12.8 Å². The van der Waals surface area contributed by atoms with Crippen molar-refractivity contribution in [1.82, 2.24) is 9.80 Å². The van der Waals surface area contributed by atoms with Crippen molar-refractivity contribution in [2.45, 2.75) is 51.6 Å². The van der Waals surface area contributed by atoms with E-state index in [2.05, 4.69) is 13.0 Å². The monoisotopic (exact) mass is 344 g/mol. The van der Waals surface area contributed by atoms with Crippen LogP contribution in [0.15, 0.2) is 24.3 Å². The lowest BCUT2D eigenvalue weighted by atomic mass is 10.1. The van der Waals surface area contributed by atoms with Gasteiger partial charge in [-0.25, -0.2) is 0 Å². The van der Waals surface area contributed by atoms with Crippen molar-refractivity contribution in [3.05, 3.63) is 29.8 Å². The molecule has 0 atom stereocenters. The topological polar surface area (TPSA) is 49.9 Å². The van der Waals surface area contributed by atoms with Crippen LogP contribution in [0.5, 0.6) is 5.75 Å². The van der Waals surface area contributed by atoms with Gasteiger partial charge in [0.2, 0.25) is 11.8 Å². The molecule has 2 heterocycles. The Morgan fingerprint density at radius 1 is 1.20 bits per heavy atom. The van der Waals surface area contributed by atoms with Gasteiger partial charge in [-0.1, -0.05) is 18.2 Å². The van der Waals surface area contributed by atoms with Gasteiger partial charge in [-0.2, -0.15) is 0 Å². The Bertz CT molecular complexity index is 609. The third-order valence-corrected chi connectivity index (χ3v) is 5.17. The Hall–Kier alpha value is -2.04. The molecule has 2 aliphatic heterocycles. The number of hydrogen-bond acceptors (Lipinski definition) is 3. The molecule has 2 saturated heterocycles. The fourth-order valence-electron chi connectivity index (χ4n) is 3.61. The number of para-hydroxylation sites is 1. The highest BCUT2D eigenvalue weighted by Crippen LogP contribution is 2.22. The minimum Gasteiger partial charge on any atom is -0.490 e. The van der Waals surface area contributed by atoms with Gasteiger partial charge in [0.1, 0.15) is 11.9 Å². The number of rotatable bonds is 6. The summed E-state index contributed by atoms with van der Waals surface area (Å²) in [5.41, 5.74) is 1.15. The average Bonchev–Trinajstić information content (AvgIpc) is 3.02. The quantitative estimate of drug-likeness (QED) is 0.797. The smallest absolute Gasteiger partial charge is 0.222 e. The molecule has 3 rings (SSSR count). The number of nitrogens with zero attached hydrogens (tertiary/aromatic N) is 2. The Labute approximate surface area is 149 Å². The van der Waals surface area contributed by atoms with E-state index in [1.807, 2.05) is 28.0 Å². The van der Waals surface area contributed by atoms with Crippen LogP contribution in [0.25, 0.3) is 0 Å². The van der Waals surface area contributed by atoms with Gasteiger partial charge in [-0.15, -0.1) is 0 Å². The van der Waals surface area contributed by atoms with Crippen molar-refractivity contribution in [1.29, 1.82) is 0 Å². The molecule has 0 aliphatic carbocycles. The molecule has 1 aromatic rings. The molecular formula is C20H28N2O3. The molecule has 0 bridgehead atoms. The second-order valence-corrected chi connectivity index (χ2v) is 7.05. The van der Waals surface area contributed by atoms with Crippen LogP contribution in [0.1, 0.15) is 44.1 Å². The first kappa shape index (κ1) is 17.8. The van der Waals surface area contributed by atoms with Crippen molar-refractivity contribution in [2.75, 3.05) is 26.2 Å². The molecule has 136 valence electrons. The van der Waals surface area contributed by atoms with E-state index in [1.165, 1.54) is 0 Å². The average molecular weight is 344 g/mol. The van der Waals surface area contributed by atoms with Crippen LogP contribution in [0, 0.1) is 6.92 Å². The van der Waals surface area contributed by atoms with Crippen molar-refractivity contribution < 1.29 is 14.3 Å². The van der Waals surface area contributed by atoms with Gasteiger partial charge in [0, 0.05) is 51.9 Å². The summed E-state index contributed by atoms with van der Waals surface area (Å²) in [4.78, 5) is 27.8. The largest absolute Gasteiger partial charge is 0.490 e. The highest BCUT2D eigenvalue weighted by molar-refractivity contribution is 5.78. The zero-order valence-corrected chi connectivity index (χ0v) is 15.1. The summed E-state index contributed by atoms with van der Waals surface area (Å²) < 4.78 is 6.09. The summed E-state index contributed by atoms with van der Waals surface area (Å²) in [6, 6.07) is 8.07. The summed E-state index contributed by atoms with van der Waals surface area (Å²) in [5, 5.41) is 0. The second-order valence-electron chi connectivity index (χ2n) is 7.05. The molecule has 0 saturated carbocycles. The SMILES string of the molecule is Cc1ccccc1OC1CCN(C(=O)CCCN2CCCC2=O)CC1. The molecular weight excluding hydrogens is 316 g/mol. The normalized spacial score (nSPS) is 18.7. The van der Waals surface area contributed by atoms with E-state index < -0.39 is 0 Å². The first-order valence-corrected chi connectivity index (χ1v) is 9.41. The van der Waals surface area contributed by atoms with E-state index in [1.54, 1.807) is 0 Å². The second kappa shape index (κ2) is 8.37. The Balaban J connectivity index is 1.37. The van der Waals surface area contributed by atoms with E-state index in [9.17, 15) is 9.59 Å². The van der Waals surface area contributed by atoms with Crippen LogP contribution < -0.4 is 4.74 Å². The molecule has 0 unspecified atom stereocenters. The first-order chi connectivity index (χ1) is 12.1. The van der Waals surface area contributed by atoms with Gasteiger partial charge in [-0.05, 0) is 31.4 Å². The highest BCUT2D eigenvalue weighted by Gasteiger charge is 2.25. The molecule has 2 fully saturated rings. The van der Waals surface area contributed by atoms with Crippen molar-refractivity contribution in [2.24, 2.45) is 0 Å². The van der Waals surface area contributed by atoms with Gasteiger partial charge in [0.25, 0.3) is 0 Å². The Morgan fingerprint density at radius 3 is 2.64 bits per heavy atom. The van der Waals surface area contributed by atoms with Crippen molar-refractivity contribution in [3.63, 3.8) is 0 Å². The molecule has 1 aromatic carbocycles. The van der Waals surface area contributed by atoms with Crippen LogP contribution in [-0.4, -0.2) is 53.9 Å². The third kappa shape index (κ3) is 4.74. The van der Waals surface area contributed by atoms with Crippen LogP contribution >= 0.6 is 0 Å². The lowest BCUT2D eigenvalue weighted by Gasteiger charge is -2.32. The molecule has 0 spiro atoms. The molecule has 2 amide bonds. The first-order valence-electron chi connectivity index (χ1n) is 9.41. The molecule has 5 nitrogen and oxygen atoms in total. The van der Waals surface area contributed by atoms with Gasteiger partial charge >= 0.3 is 0 Å². The van der Waals surface area contributed by atoms with Crippen LogP contribution in [-0.2, 0) is 9.59 Å². The predicted molar refractivity (Wildman–Crippen MR) is 96.5 cm³/mol. The molecule has 0 aromatic heterocycles. The van der Waals surface area contributed by atoms with Gasteiger partial charge < -0.3 is 14.5 Å². The number of carbonyl (C=O) groups is 2. The van der Waals surface area contributed by atoms with E-state index in [4.69, 9.17) is 4.74 Å². The predicted octanol–water partition coefficient (Wildman–Crippen LogP) is 2.77. The fraction of sp³-hybridized carbons (Fsp3) is 0.600. The summed E-state index contributed by atoms with van der Waals surface area (Å²) in [6.45, 7) is 5.15. The minimum absolute atomic E-state index is 0.187. The van der Waals surface area contributed by atoms with E-state index in [0.717, 1.165) is 63.2 Å². The summed E-state index contributed by atoms with van der Waals surface area (Å²) in [5.74, 6) is 1.39. The maximum atomic E-state index is 12.4. The van der Waals surface area contributed by atoms with Gasteiger partial charge in [0.15, 0.2) is 0 Å². The number of likely N-dealkylation sites (tertiary alicyclic amines) is 2. The number of hydrogen-bond donors (Lipinski definition) is 0. The van der Waals surface area contributed by atoms with Gasteiger partial charge in [0.05, 0.1) is 0 Å². The van der Waals surface area contributed by atoms with Crippen LogP contribution in [0.3, 0.4) is 0 Å². The summed E-state index contributed by atoms with van der Waals surface area (Å²) in [6.07, 6.45) is 4.88. The fourth-order valence-corrected chi connectivity index (χ4v) is 3.61. The highest BCUT2D eigenvalue weighted by atomic mass is 16.5. The standard InChI is InChI=1S/C20H28N2O3/c1-16-6-2-3-7-18(16)25-17-10-14-22(15-11-17)20(24)9-5-13-21-12-4-8-19(21)23/h2-3,6-7,17H,4-5,8-15H2,1H3. The number of piperidine rings is 1. The number of aryl methyl sites for hydroxylation is 1. The molecule has 0 N–H and O–H groups in total. The summed E-state index contributed by atoms with van der Waals surface area (Å²) in [7, 11) is 0. The number of benzene rings is 1. The maximum Gasteiger partial charge on any atom is 0.222 e. The van der Waals surface area contributed by atoms with E-state index in [-0.39, 0.29) is 17.9 Å². The van der Waals surface area contributed by atoms with E-state index >= 15 is 0 Å². The number of amides is 2. The Kier molecular flexibility index (Phi) is 5.95. The van der Waals surface area contributed by atoms with Crippen LogP contribution in [0.2, 0.25) is 0 Å². The third-order valence-electron chi connectivity index (χ3n) is 5.17. The number of carbonyl (C=O) groups excluding carboxylic acids is 2. The minimum atomic E-state index is 0.187. The molecule has 0 radical (unpaired) electrons. The summed E-state index contributed by atoms with van der Waals surface area (Å²) >= 11 is 0. The maximum absolute atomic E-state index is 12.4. The zero-order valence-electron chi connectivity index (χ0n) is 15.1. The lowest BCUT2D eigenvalue weighted by molar-refractivity contribution is -0.134. The molecule has 25 heavy (non-hydrogen) atoms. The van der Waals surface area contributed by atoms with Crippen molar-refractivity contribution >= 4 is 11.8 Å².